The molecule has 2 amide bonds. The number of nitrogens with two attached hydrogens (primary N) is 2. The van der Waals surface area contributed by atoms with Gasteiger partial charge in [-0.2, -0.15) is 0 Å². The molecule has 0 saturated carbocycles. The fourth-order valence-corrected chi connectivity index (χ4v) is 3.72. The van der Waals surface area contributed by atoms with Crippen molar-refractivity contribution in [2.24, 2.45) is 16.5 Å². The molecule has 0 fully saturated rings. The van der Waals surface area contributed by atoms with Crippen LogP contribution in [-0.4, -0.2) is 57.4 Å². The van der Waals surface area contributed by atoms with E-state index in [1.807, 2.05) is 0 Å². The number of hydrogen-bond acceptors (Lipinski definition) is 5. The number of imidazole rings is 1. The Bertz CT molecular complexity index is 764. The van der Waals surface area contributed by atoms with E-state index < -0.39 is 24.0 Å². The van der Waals surface area contributed by atoms with Crippen molar-refractivity contribution in [3.05, 3.63) is 18.2 Å². The van der Waals surface area contributed by atoms with E-state index in [2.05, 4.69) is 32.5 Å². The van der Waals surface area contributed by atoms with Gasteiger partial charge in [0.15, 0.2) is 5.96 Å². The van der Waals surface area contributed by atoms with E-state index in [0.29, 0.717) is 25.1 Å². The van der Waals surface area contributed by atoms with Crippen LogP contribution in [0.15, 0.2) is 17.5 Å². The van der Waals surface area contributed by atoms with Gasteiger partial charge < -0.3 is 32.2 Å². The first-order chi connectivity index (χ1) is 16.8. The van der Waals surface area contributed by atoms with Gasteiger partial charge in [0.25, 0.3) is 0 Å². The van der Waals surface area contributed by atoms with Gasteiger partial charge in [-0.05, 0) is 19.3 Å². The van der Waals surface area contributed by atoms with Gasteiger partial charge in [-0.3, -0.25) is 14.6 Å². The molecule has 1 rings (SSSR count). The van der Waals surface area contributed by atoms with E-state index in [0.717, 1.165) is 19.3 Å². The lowest BCUT2D eigenvalue weighted by Crippen LogP contribution is -2.52. The van der Waals surface area contributed by atoms with Crippen LogP contribution >= 0.6 is 0 Å². The molecule has 0 radical (unpaired) electrons. The Balaban J connectivity index is 2.53. The summed E-state index contributed by atoms with van der Waals surface area (Å²) in [6.07, 6.45) is 14.3. The highest BCUT2D eigenvalue weighted by molar-refractivity contribution is 5.90. The molecule has 0 saturated heterocycles. The van der Waals surface area contributed by atoms with Crippen LogP contribution in [0.1, 0.15) is 89.7 Å². The zero-order chi connectivity index (χ0) is 25.9. The van der Waals surface area contributed by atoms with Gasteiger partial charge in [0, 0.05) is 31.3 Å². The first-order valence-corrected chi connectivity index (χ1v) is 12.7. The van der Waals surface area contributed by atoms with Crippen LogP contribution in [0, 0.1) is 0 Å². The van der Waals surface area contributed by atoms with E-state index in [4.69, 9.17) is 11.5 Å². The molecule has 1 aromatic heterocycles. The van der Waals surface area contributed by atoms with Crippen molar-refractivity contribution >= 4 is 23.7 Å². The van der Waals surface area contributed by atoms with Crippen LogP contribution in [0.4, 0.5) is 0 Å². The fourth-order valence-electron chi connectivity index (χ4n) is 3.72. The molecule has 0 bridgehead atoms. The van der Waals surface area contributed by atoms with Crippen LogP contribution in [0.3, 0.4) is 0 Å². The second-order valence-corrected chi connectivity index (χ2v) is 8.83. The van der Waals surface area contributed by atoms with Crippen LogP contribution < -0.4 is 22.1 Å². The Morgan fingerprint density at radius 1 is 1.00 bits per heavy atom. The first kappa shape index (κ1) is 29.9. The SMILES string of the molecule is CCCCCCCCCCCC(=O)N[C@@H](CCCN=C(N)N)C(=O)N[C@@H](Cc1cnc[nH]1)C(=O)O. The summed E-state index contributed by atoms with van der Waals surface area (Å²) in [5, 5.41) is 14.8. The number of unbranched alkanes of at least 4 members (excludes halogenated alkanes) is 8. The summed E-state index contributed by atoms with van der Waals surface area (Å²) in [7, 11) is 0. The minimum Gasteiger partial charge on any atom is -0.480 e. The quantitative estimate of drug-likeness (QED) is 0.0909. The summed E-state index contributed by atoms with van der Waals surface area (Å²) in [5.74, 6) is -2.00. The van der Waals surface area contributed by atoms with Gasteiger partial charge in [-0.1, -0.05) is 58.3 Å². The maximum Gasteiger partial charge on any atom is 0.326 e. The van der Waals surface area contributed by atoms with Crippen molar-refractivity contribution in [2.45, 2.75) is 102 Å². The van der Waals surface area contributed by atoms with Gasteiger partial charge in [-0.25, -0.2) is 9.78 Å². The molecule has 8 N–H and O–H groups in total. The number of H-pyrrole nitrogens is 1. The second kappa shape index (κ2) is 18.2. The monoisotopic (exact) mass is 493 g/mol. The summed E-state index contributed by atoms with van der Waals surface area (Å²) in [6.45, 7) is 2.51. The summed E-state index contributed by atoms with van der Waals surface area (Å²) in [4.78, 5) is 47.6. The van der Waals surface area contributed by atoms with Crippen molar-refractivity contribution in [3.63, 3.8) is 0 Å². The maximum absolute atomic E-state index is 12.9. The number of aliphatic imine (C=N–C) groups is 1. The topological polar surface area (TPSA) is 189 Å². The molecule has 0 aliphatic rings. The fraction of sp³-hybridized carbons (Fsp3) is 0.708. The van der Waals surface area contributed by atoms with Gasteiger partial charge in [0.05, 0.1) is 6.33 Å². The minimum absolute atomic E-state index is 0.0498. The van der Waals surface area contributed by atoms with Gasteiger partial charge in [0.1, 0.15) is 12.1 Å². The Labute approximate surface area is 207 Å². The number of aromatic amines is 1. The molecule has 1 heterocycles. The summed E-state index contributed by atoms with van der Waals surface area (Å²) in [5.41, 5.74) is 11.3. The highest BCUT2D eigenvalue weighted by Gasteiger charge is 2.26. The lowest BCUT2D eigenvalue weighted by Gasteiger charge is -2.21. The van der Waals surface area contributed by atoms with Crippen molar-refractivity contribution < 1.29 is 19.5 Å². The predicted octanol–water partition coefficient (Wildman–Crippen LogP) is 1.98. The molecule has 0 aliphatic carbocycles. The van der Waals surface area contributed by atoms with E-state index >= 15 is 0 Å². The molecule has 198 valence electrons. The summed E-state index contributed by atoms with van der Waals surface area (Å²) >= 11 is 0. The maximum atomic E-state index is 12.9. The lowest BCUT2D eigenvalue weighted by molar-refractivity contribution is -0.142. The third-order valence-electron chi connectivity index (χ3n) is 5.70. The minimum atomic E-state index is -1.17. The number of aromatic nitrogens is 2. The molecule has 1 aromatic rings. The molecule has 11 nitrogen and oxygen atoms in total. The number of carbonyl (C=O) groups excluding carboxylic acids is 2. The Morgan fingerprint density at radius 2 is 1.66 bits per heavy atom. The molecule has 35 heavy (non-hydrogen) atoms. The highest BCUT2D eigenvalue weighted by Crippen LogP contribution is 2.11. The predicted molar refractivity (Wildman–Crippen MR) is 136 cm³/mol. The molecular weight excluding hydrogens is 450 g/mol. The van der Waals surface area contributed by atoms with E-state index in [9.17, 15) is 19.5 Å². The lowest BCUT2D eigenvalue weighted by atomic mass is 10.1. The van der Waals surface area contributed by atoms with Crippen molar-refractivity contribution in [2.75, 3.05) is 6.54 Å². The van der Waals surface area contributed by atoms with E-state index in [1.165, 1.54) is 51.0 Å². The number of carboxylic acid groups (broad SMARTS) is 1. The average molecular weight is 494 g/mol. The number of nitrogens with one attached hydrogen (secondary N) is 3. The standard InChI is InChI=1S/C24H43N7O4/c1-2-3-4-5-6-7-8-9-10-13-21(32)30-19(12-11-14-28-24(25)26)22(33)31-20(23(34)35)15-18-16-27-17-29-18/h16-17,19-20H,2-15H2,1H3,(H,27,29)(H,30,32)(H,31,33)(H,34,35)(H4,25,26,28)/t19-,20-/m0/s1. The van der Waals surface area contributed by atoms with E-state index in [1.54, 1.807) is 0 Å². The molecular formula is C24H43N7O4. The molecule has 2 atom stereocenters. The van der Waals surface area contributed by atoms with Crippen molar-refractivity contribution in [1.82, 2.24) is 20.6 Å². The number of nitrogens with zero attached hydrogens (tertiary/aromatic N) is 2. The third-order valence-corrected chi connectivity index (χ3v) is 5.70. The smallest absolute Gasteiger partial charge is 0.326 e. The van der Waals surface area contributed by atoms with Crippen LogP contribution in [0.2, 0.25) is 0 Å². The van der Waals surface area contributed by atoms with Gasteiger partial charge in [0.2, 0.25) is 11.8 Å². The molecule has 0 unspecified atom stereocenters. The second-order valence-electron chi connectivity index (χ2n) is 8.83. The third kappa shape index (κ3) is 14.7. The Morgan fingerprint density at radius 3 is 2.23 bits per heavy atom. The van der Waals surface area contributed by atoms with Gasteiger partial charge >= 0.3 is 5.97 Å². The zero-order valence-electron chi connectivity index (χ0n) is 20.9. The average Bonchev–Trinajstić information content (AvgIpc) is 3.32. The number of aliphatic carboxylic acids is 1. The number of rotatable bonds is 20. The molecule has 0 aromatic carbocycles. The van der Waals surface area contributed by atoms with Crippen LogP contribution in [-0.2, 0) is 20.8 Å². The number of carboxylic acids is 1. The summed E-state index contributed by atoms with van der Waals surface area (Å²) in [6, 6.07) is -2.03. The largest absolute Gasteiger partial charge is 0.480 e. The number of amides is 2. The van der Waals surface area contributed by atoms with Crippen molar-refractivity contribution in [1.29, 1.82) is 0 Å². The zero-order valence-corrected chi connectivity index (χ0v) is 20.9. The van der Waals surface area contributed by atoms with Crippen molar-refractivity contribution in [3.8, 4) is 0 Å². The normalized spacial score (nSPS) is 12.5. The van der Waals surface area contributed by atoms with E-state index in [-0.39, 0.29) is 24.7 Å². The highest BCUT2D eigenvalue weighted by atomic mass is 16.4. The molecule has 0 spiro atoms. The number of guanidine groups is 1. The Hall–Kier alpha value is -3.11. The summed E-state index contributed by atoms with van der Waals surface area (Å²) < 4.78 is 0. The van der Waals surface area contributed by atoms with Crippen LogP contribution in [0.25, 0.3) is 0 Å². The first-order valence-electron chi connectivity index (χ1n) is 12.7. The molecule has 0 aliphatic heterocycles. The number of hydrogen-bond donors (Lipinski definition) is 6. The Kier molecular flexibility index (Phi) is 15.6. The van der Waals surface area contributed by atoms with Crippen LogP contribution in [0.5, 0.6) is 0 Å². The van der Waals surface area contributed by atoms with Gasteiger partial charge in [-0.15, -0.1) is 0 Å². The molecule has 11 heteroatoms. The number of carbonyl (C=O) groups is 3.